The van der Waals surface area contributed by atoms with E-state index in [0.29, 0.717) is 24.6 Å². The highest BCUT2D eigenvalue weighted by Gasteiger charge is 2.24. The lowest BCUT2D eigenvalue weighted by Gasteiger charge is -2.17. The number of hydrogen-bond acceptors (Lipinski definition) is 6. The van der Waals surface area contributed by atoms with Crippen molar-refractivity contribution in [2.24, 2.45) is 5.92 Å². The van der Waals surface area contributed by atoms with Crippen LogP contribution < -0.4 is 15.5 Å². The van der Waals surface area contributed by atoms with Gasteiger partial charge in [-0.15, -0.1) is 0 Å². The average Bonchev–Trinajstić information content (AvgIpc) is 3.34. The van der Waals surface area contributed by atoms with E-state index in [2.05, 4.69) is 25.6 Å². The fourth-order valence-electron chi connectivity index (χ4n) is 3.65. The minimum absolute atomic E-state index is 0.0976. The van der Waals surface area contributed by atoms with Crippen molar-refractivity contribution in [2.45, 2.75) is 19.8 Å². The molecule has 1 unspecified atom stereocenters. The molecule has 1 fully saturated rings. The second kappa shape index (κ2) is 8.88. The lowest BCUT2D eigenvalue weighted by molar-refractivity contribution is 0.102. The first-order chi connectivity index (χ1) is 14.9. The molecular formula is C20H22F3N7O. The van der Waals surface area contributed by atoms with Crippen LogP contribution in [0.1, 0.15) is 22.6 Å². The SMILES string of the molecule is Cc1cn2cc(NC(=O)c3cnc(N4CCC(CNCC(F)F)C4)cn3)cc(F)c2n1. The van der Waals surface area contributed by atoms with E-state index in [4.69, 9.17) is 0 Å². The first kappa shape index (κ1) is 21.0. The molecule has 31 heavy (non-hydrogen) atoms. The van der Waals surface area contributed by atoms with Gasteiger partial charge in [0.1, 0.15) is 11.5 Å². The van der Waals surface area contributed by atoms with Crippen molar-refractivity contribution in [3.63, 3.8) is 0 Å². The Morgan fingerprint density at radius 1 is 1.29 bits per heavy atom. The third-order valence-corrected chi connectivity index (χ3v) is 5.10. The number of aryl methyl sites for hydroxylation is 1. The summed E-state index contributed by atoms with van der Waals surface area (Å²) < 4.78 is 40.2. The first-order valence-corrected chi connectivity index (χ1v) is 9.91. The number of fused-ring (bicyclic) bond motifs is 1. The monoisotopic (exact) mass is 433 g/mol. The number of nitrogens with zero attached hydrogens (tertiary/aromatic N) is 5. The topological polar surface area (TPSA) is 87.5 Å². The van der Waals surface area contributed by atoms with E-state index in [1.165, 1.54) is 22.9 Å². The maximum atomic E-state index is 14.2. The van der Waals surface area contributed by atoms with Gasteiger partial charge in [0.05, 0.1) is 30.3 Å². The summed E-state index contributed by atoms with van der Waals surface area (Å²) in [6, 6.07) is 1.20. The fourth-order valence-corrected chi connectivity index (χ4v) is 3.65. The van der Waals surface area contributed by atoms with Crippen LogP contribution in [-0.2, 0) is 0 Å². The Bertz CT molecular complexity index is 1070. The minimum Gasteiger partial charge on any atom is -0.355 e. The van der Waals surface area contributed by atoms with E-state index < -0.39 is 18.1 Å². The molecule has 0 saturated carbocycles. The summed E-state index contributed by atoms with van der Waals surface area (Å²) in [5, 5.41) is 5.38. The Morgan fingerprint density at radius 3 is 2.87 bits per heavy atom. The number of aromatic nitrogens is 4. The molecule has 0 radical (unpaired) electrons. The minimum atomic E-state index is -2.36. The number of halogens is 3. The van der Waals surface area contributed by atoms with Gasteiger partial charge in [0.25, 0.3) is 12.3 Å². The molecular weight excluding hydrogens is 411 g/mol. The third kappa shape index (κ3) is 4.93. The van der Waals surface area contributed by atoms with Crippen LogP contribution in [0.3, 0.4) is 0 Å². The van der Waals surface area contributed by atoms with Crippen molar-refractivity contribution < 1.29 is 18.0 Å². The molecule has 4 heterocycles. The van der Waals surface area contributed by atoms with Gasteiger partial charge in [-0.1, -0.05) is 0 Å². The number of imidazole rings is 1. The molecule has 11 heteroatoms. The molecule has 0 aliphatic carbocycles. The number of anilines is 2. The number of nitrogens with one attached hydrogen (secondary N) is 2. The van der Waals surface area contributed by atoms with Gasteiger partial charge in [-0.2, -0.15) is 0 Å². The quantitative estimate of drug-likeness (QED) is 0.596. The highest BCUT2D eigenvalue weighted by molar-refractivity contribution is 6.02. The number of rotatable bonds is 7. The average molecular weight is 433 g/mol. The lowest BCUT2D eigenvalue weighted by Crippen LogP contribution is -2.29. The van der Waals surface area contributed by atoms with Gasteiger partial charge >= 0.3 is 0 Å². The van der Waals surface area contributed by atoms with E-state index in [1.807, 2.05) is 4.90 Å². The van der Waals surface area contributed by atoms with Gasteiger partial charge in [-0.05, 0) is 25.8 Å². The highest BCUT2D eigenvalue weighted by atomic mass is 19.3. The molecule has 2 N–H and O–H groups in total. The highest BCUT2D eigenvalue weighted by Crippen LogP contribution is 2.21. The summed E-state index contributed by atoms with van der Waals surface area (Å²) in [6.07, 6.45) is 4.61. The molecule has 0 bridgehead atoms. The van der Waals surface area contributed by atoms with Gasteiger partial charge in [0, 0.05) is 31.5 Å². The van der Waals surface area contributed by atoms with Gasteiger partial charge in [0.15, 0.2) is 11.5 Å². The van der Waals surface area contributed by atoms with Crippen molar-refractivity contribution in [3.05, 3.63) is 48.1 Å². The summed E-state index contributed by atoms with van der Waals surface area (Å²) in [5.41, 5.74) is 1.23. The maximum Gasteiger partial charge on any atom is 0.275 e. The largest absolute Gasteiger partial charge is 0.355 e. The third-order valence-electron chi connectivity index (χ3n) is 5.10. The second-order valence-electron chi connectivity index (χ2n) is 7.55. The predicted octanol–water partition coefficient (Wildman–Crippen LogP) is 2.51. The second-order valence-corrected chi connectivity index (χ2v) is 7.55. The van der Waals surface area contributed by atoms with Gasteiger partial charge in [0.2, 0.25) is 0 Å². The molecule has 1 aliphatic rings. The fraction of sp³-hybridized carbons (Fsp3) is 0.400. The van der Waals surface area contributed by atoms with E-state index in [0.717, 1.165) is 13.0 Å². The van der Waals surface area contributed by atoms with E-state index >= 15 is 0 Å². The van der Waals surface area contributed by atoms with E-state index in [-0.39, 0.29) is 29.5 Å². The molecule has 164 valence electrons. The van der Waals surface area contributed by atoms with Crippen LogP contribution in [0.25, 0.3) is 5.65 Å². The van der Waals surface area contributed by atoms with Crippen LogP contribution in [0.5, 0.6) is 0 Å². The Balaban J connectivity index is 1.36. The summed E-state index contributed by atoms with van der Waals surface area (Å²) in [4.78, 5) is 27.1. The van der Waals surface area contributed by atoms with Crippen LogP contribution in [-0.4, -0.2) is 57.9 Å². The first-order valence-electron chi connectivity index (χ1n) is 9.91. The molecule has 3 aromatic heterocycles. The Morgan fingerprint density at radius 2 is 2.13 bits per heavy atom. The van der Waals surface area contributed by atoms with Crippen molar-refractivity contribution >= 4 is 23.1 Å². The zero-order chi connectivity index (χ0) is 22.0. The van der Waals surface area contributed by atoms with Crippen LogP contribution in [0.15, 0.2) is 30.9 Å². The molecule has 3 aromatic rings. The number of carbonyl (C=O) groups excluding carboxylic acids is 1. The van der Waals surface area contributed by atoms with Gasteiger partial charge in [-0.25, -0.2) is 28.1 Å². The molecule has 0 spiro atoms. The van der Waals surface area contributed by atoms with Crippen LogP contribution in [0, 0.1) is 18.7 Å². The van der Waals surface area contributed by atoms with Gasteiger partial charge < -0.3 is 19.9 Å². The summed E-state index contributed by atoms with van der Waals surface area (Å²) in [5.74, 6) is -0.182. The molecule has 1 amide bonds. The van der Waals surface area contributed by atoms with Crippen molar-refractivity contribution in [2.75, 3.05) is 36.4 Å². The number of alkyl halides is 2. The standard InChI is InChI=1S/C20H22F3N7O/c1-12-9-30-11-14(4-15(21)19(30)27-12)28-20(31)16-6-26-18(8-25-16)29-3-2-13(10-29)5-24-7-17(22)23/h4,6,8-9,11,13,17,24H,2-3,5,7,10H2,1H3,(H,28,31). The molecule has 1 atom stereocenters. The Kier molecular flexibility index (Phi) is 6.03. The Hall–Kier alpha value is -3.21. The number of hydrogen-bond donors (Lipinski definition) is 2. The summed E-state index contributed by atoms with van der Waals surface area (Å²) in [6.45, 7) is 3.39. The van der Waals surface area contributed by atoms with Crippen LogP contribution >= 0.6 is 0 Å². The van der Waals surface area contributed by atoms with Crippen LogP contribution in [0.2, 0.25) is 0 Å². The number of pyridine rings is 1. The molecule has 4 rings (SSSR count). The lowest BCUT2D eigenvalue weighted by atomic mass is 10.1. The van der Waals surface area contributed by atoms with Gasteiger partial charge in [-0.3, -0.25) is 4.79 Å². The molecule has 8 nitrogen and oxygen atoms in total. The molecule has 1 aliphatic heterocycles. The maximum absolute atomic E-state index is 14.2. The Labute approximate surface area is 176 Å². The molecule has 0 aromatic carbocycles. The summed E-state index contributed by atoms with van der Waals surface area (Å²) in [7, 11) is 0. The summed E-state index contributed by atoms with van der Waals surface area (Å²) >= 11 is 0. The number of carbonyl (C=O) groups is 1. The zero-order valence-electron chi connectivity index (χ0n) is 16.9. The van der Waals surface area contributed by atoms with E-state index in [9.17, 15) is 18.0 Å². The van der Waals surface area contributed by atoms with Crippen molar-refractivity contribution in [1.82, 2.24) is 24.7 Å². The zero-order valence-corrected chi connectivity index (χ0v) is 16.9. The van der Waals surface area contributed by atoms with Crippen LogP contribution in [0.4, 0.5) is 24.7 Å². The van der Waals surface area contributed by atoms with E-state index in [1.54, 1.807) is 19.3 Å². The molecule has 1 saturated heterocycles. The smallest absolute Gasteiger partial charge is 0.275 e. The number of amides is 1. The van der Waals surface area contributed by atoms with Crippen molar-refractivity contribution in [1.29, 1.82) is 0 Å². The predicted molar refractivity (Wildman–Crippen MR) is 109 cm³/mol. The van der Waals surface area contributed by atoms with Crippen molar-refractivity contribution in [3.8, 4) is 0 Å². The normalized spacial score (nSPS) is 16.4.